The highest BCUT2D eigenvalue weighted by Gasteiger charge is 2.18. The predicted octanol–water partition coefficient (Wildman–Crippen LogP) is 5.14. The van der Waals surface area contributed by atoms with Crippen LogP contribution in [0, 0.1) is 0 Å². The van der Waals surface area contributed by atoms with E-state index in [0.717, 1.165) is 27.6 Å². The Morgan fingerprint density at radius 1 is 0.808 bits per heavy atom. The molecule has 0 bridgehead atoms. The third kappa shape index (κ3) is 2.29. The van der Waals surface area contributed by atoms with Gasteiger partial charge in [0.05, 0.1) is 5.56 Å². The number of para-hydroxylation sites is 1. The second-order valence-corrected chi connectivity index (χ2v) is 6.42. The lowest BCUT2D eigenvalue weighted by Crippen LogP contribution is -2.30. The van der Waals surface area contributed by atoms with Crippen molar-refractivity contribution >= 4 is 22.1 Å². The third-order valence-corrected chi connectivity index (χ3v) is 4.81. The van der Waals surface area contributed by atoms with Gasteiger partial charge < -0.3 is 4.42 Å². The molecule has 0 atom stereocenters. The number of rotatable bonds is 2. The maximum Gasteiger partial charge on any atom is 0.227 e. The van der Waals surface area contributed by atoms with Crippen molar-refractivity contribution in [2.75, 3.05) is 0 Å². The number of nitrogens with zero attached hydrogens (tertiary/aromatic N) is 2. The molecule has 0 fully saturated rings. The Kier molecular flexibility index (Phi) is 3.32. The lowest BCUT2D eigenvalue weighted by Gasteiger charge is -2.05. The van der Waals surface area contributed by atoms with Crippen LogP contribution in [0.4, 0.5) is 0 Å². The molecule has 0 radical (unpaired) electrons. The van der Waals surface area contributed by atoms with Crippen LogP contribution in [0.15, 0.2) is 89.6 Å². The molecular weight excluding hydrogens is 320 g/mol. The second-order valence-electron chi connectivity index (χ2n) is 6.42. The van der Waals surface area contributed by atoms with E-state index in [1.807, 2.05) is 12.1 Å². The second kappa shape index (κ2) is 5.81. The lowest BCUT2D eigenvalue weighted by atomic mass is 10.0. The lowest BCUT2D eigenvalue weighted by molar-refractivity contribution is -0.660. The molecule has 0 spiro atoms. The van der Waals surface area contributed by atoms with Gasteiger partial charge in [0.1, 0.15) is 7.05 Å². The Morgan fingerprint density at radius 3 is 2.54 bits per heavy atom. The molecule has 0 N–H and O–H groups in total. The summed E-state index contributed by atoms with van der Waals surface area (Å²) in [5.41, 5.74) is 6.12. The summed E-state index contributed by atoms with van der Waals surface area (Å²) < 4.78 is 8.24. The molecule has 0 aliphatic rings. The van der Waals surface area contributed by atoms with Gasteiger partial charge in [-0.1, -0.05) is 42.5 Å². The Morgan fingerprint density at radius 2 is 1.65 bits per heavy atom. The molecule has 0 aliphatic carbocycles. The molecule has 5 rings (SSSR count). The molecule has 26 heavy (non-hydrogen) atoms. The Bertz CT molecular complexity index is 1240. The molecule has 2 aromatic carbocycles. The van der Waals surface area contributed by atoms with E-state index < -0.39 is 0 Å². The van der Waals surface area contributed by atoms with E-state index in [1.165, 1.54) is 11.1 Å². The van der Waals surface area contributed by atoms with Crippen LogP contribution in [0.2, 0.25) is 0 Å². The van der Waals surface area contributed by atoms with E-state index in [-0.39, 0.29) is 0 Å². The number of aryl methyl sites for hydroxylation is 1. The van der Waals surface area contributed by atoms with Crippen LogP contribution in [0.25, 0.3) is 44.5 Å². The smallest absolute Gasteiger partial charge is 0.227 e. The van der Waals surface area contributed by atoms with Gasteiger partial charge in [-0.15, -0.1) is 0 Å². The van der Waals surface area contributed by atoms with Gasteiger partial charge in [-0.2, -0.15) is 0 Å². The zero-order valence-electron chi connectivity index (χ0n) is 14.4. The van der Waals surface area contributed by atoms with Gasteiger partial charge in [0, 0.05) is 29.1 Å². The molecule has 3 aromatic heterocycles. The normalized spacial score (nSPS) is 11.3. The molecule has 0 aliphatic heterocycles. The van der Waals surface area contributed by atoms with Crippen molar-refractivity contribution in [3.05, 3.63) is 85.2 Å². The molecule has 3 nitrogen and oxygen atoms in total. The van der Waals surface area contributed by atoms with Crippen molar-refractivity contribution < 1.29 is 8.98 Å². The molecule has 0 saturated heterocycles. The summed E-state index contributed by atoms with van der Waals surface area (Å²) in [6.07, 6.45) is 3.86. The summed E-state index contributed by atoms with van der Waals surface area (Å²) in [6.45, 7) is 0. The van der Waals surface area contributed by atoms with E-state index in [4.69, 9.17) is 4.42 Å². The molecule has 0 saturated carbocycles. The SMILES string of the molecule is C[n+]1ccc(-c2ccccc2)cc1-c1cccc2c1oc1ncccc12. The average Bonchev–Trinajstić information content (AvgIpc) is 3.08. The molecule has 0 amide bonds. The van der Waals surface area contributed by atoms with Crippen LogP contribution in [0.1, 0.15) is 0 Å². The fourth-order valence-corrected chi connectivity index (χ4v) is 3.48. The monoisotopic (exact) mass is 337 g/mol. The zero-order chi connectivity index (χ0) is 17.5. The number of hydrogen-bond donors (Lipinski definition) is 0. The topological polar surface area (TPSA) is 29.9 Å². The quantitative estimate of drug-likeness (QED) is 0.418. The highest BCUT2D eigenvalue weighted by Crippen LogP contribution is 2.34. The first-order chi connectivity index (χ1) is 12.8. The third-order valence-electron chi connectivity index (χ3n) is 4.81. The maximum absolute atomic E-state index is 6.11. The van der Waals surface area contributed by atoms with Gasteiger partial charge in [0.15, 0.2) is 11.8 Å². The van der Waals surface area contributed by atoms with Crippen LogP contribution >= 0.6 is 0 Å². The molecule has 3 heterocycles. The number of furan rings is 1. The number of fused-ring (bicyclic) bond motifs is 3. The largest absolute Gasteiger partial charge is 0.437 e. The van der Waals surface area contributed by atoms with Gasteiger partial charge in [-0.25, -0.2) is 9.55 Å². The molecule has 124 valence electrons. The number of benzene rings is 2. The fraction of sp³-hybridized carbons (Fsp3) is 0.0435. The number of pyridine rings is 2. The van der Waals surface area contributed by atoms with Crippen molar-refractivity contribution in [2.24, 2.45) is 7.05 Å². The van der Waals surface area contributed by atoms with E-state index in [2.05, 4.69) is 83.5 Å². The van der Waals surface area contributed by atoms with Crippen LogP contribution in [0.3, 0.4) is 0 Å². The first kappa shape index (κ1) is 14.8. The van der Waals surface area contributed by atoms with Gasteiger partial charge >= 0.3 is 0 Å². The minimum Gasteiger partial charge on any atom is -0.437 e. The summed E-state index contributed by atoms with van der Waals surface area (Å²) in [7, 11) is 2.06. The number of hydrogen-bond acceptors (Lipinski definition) is 2. The van der Waals surface area contributed by atoms with Crippen LogP contribution < -0.4 is 4.57 Å². The summed E-state index contributed by atoms with van der Waals surface area (Å²) in [4.78, 5) is 4.37. The zero-order valence-corrected chi connectivity index (χ0v) is 14.4. The van der Waals surface area contributed by atoms with Gasteiger partial charge in [-0.3, -0.25) is 0 Å². The van der Waals surface area contributed by atoms with Crippen molar-refractivity contribution in [2.45, 2.75) is 0 Å². The van der Waals surface area contributed by atoms with Crippen molar-refractivity contribution in [3.63, 3.8) is 0 Å². The summed E-state index contributed by atoms with van der Waals surface area (Å²) >= 11 is 0. The van der Waals surface area contributed by atoms with E-state index in [0.29, 0.717) is 5.71 Å². The molecule has 5 aromatic rings. The fourth-order valence-electron chi connectivity index (χ4n) is 3.48. The molecular formula is C23H17N2O+. The summed E-state index contributed by atoms with van der Waals surface area (Å²) in [6, 6.07) is 25.0. The van der Waals surface area contributed by atoms with Gasteiger partial charge in [-0.05, 0) is 29.3 Å². The highest BCUT2D eigenvalue weighted by atomic mass is 16.3. The average molecular weight is 337 g/mol. The number of aromatic nitrogens is 2. The minimum atomic E-state index is 0.678. The molecule has 3 heteroatoms. The first-order valence-corrected chi connectivity index (χ1v) is 8.63. The van der Waals surface area contributed by atoms with Crippen molar-refractivity contribution in [1.82, 2.24) is 4.98 Å². The Labute approximate surface area is 151 Å². The highest BCUT2D eigenvalue weighted by molar-refractivity contribution is 6.08. The first-order valence-electron chi connectivity index (χ1n) is 8.63. The van der Waals surface area contributed by atoms with Crippen molar-refractivity contribution in [1.29, 1.82) is 0 Å². The van der Waals surface area contributed by atoms with Gasteiger partial charge in [0.25, 0.3) is 0 Å². The summed E-state index contributed by atoms with van der Waals surface area (Å²) in [5.74, 6) is 0. The summed E-state index contributed by atoms with van der Waals surface area (Å²) in [5, 5.41) is 2.14. The van der Waals surface area contributed by atoms with E-state index >= 15 is 0 Å². The maximum atomic E-state index is 6.11. The van der Waals surface area contributed by atoms with Crippen molar-refractivity contribution in [3.8, 4) is 22.4 Å². The van der Waals surface area contributed by atoms with E-state index in [1.54, 1.807) is 6.20 Å². The van der Waals surface area contributed by atoms with Gasteiger partial charge in [0.2, 0.25) is 11.4 Å². The van der Waals surface area contributed by atoms with E-state index in [9.17, 15) is 0 Å². The molecule has 0 unspecified atom stereocenters. The van der Waals surface area contributed by atoms with Crippen LogP contribution in [-0.4, -0.2) is 4.98 Å². The Hall–Kier alpha value is -3.46. The van der Waals surface area contributed by atoms with Crippen LogP contribution in [-0.2, 0) is 7.05 Å². The Balaban J connectivity index is 1.78. The predicted molar refractivity (Wildman–Crippen MR) is 104 cm³/mol. The minimum absolute atomic E-state index is 0.678. The standard InChI is InChI=1S/C23H17N2O/c1-25-14-12-17(16-7-3-2-4-8-16)15-21(25)20-10-5-9-18-19-11-6-13-24-23(19)26-22(18)20/h2-15H,1H3/q+1. The van der Waals surface area contributed by atoms with Crippen LogP contribution in [0.5, 0.6) is 0 Å².